The average Bonchev–Trinajstić information content (AvgIpc) is 2.90. The molecule has 0 radical (unpaired) electrons. The first-order valence-corrected chi connectivity index (χ1v) is 7.92. The normalized spacial score (nSPS) is 10.8. The van der Waals surface area contributed by atoms with Crippen molar-refractivity contribution >= 4 is 16.7 Å². The summed E-state index contributed by atoms with van der Waals surface area (Å²) in [5.74, 6) is 1.30. The van der Waals surface area contributed by atoms with Gasteiger partial charge in [0.05, 0.1) is 27.0 Å². The summed E-state index contributed by atoms with van der Waals surface area (Å²) in [6.07, 6.45) is 0. The molecule has 1 aromatic heterocycles. The fraction of sp³-hybridized carbons (Fsp3) is 0.250. The Morgan fingerprint density at radius 2 is 1.56 bits per heavy atom. The molecule has 3 aromatic rings. The van der Waals surface area contributed by atoms with E-state index in [2.05, 4.69) is 0 Å². The third kappa shape index (κ3) is 2.61. The number of carbonyl (C=O) groups is 1. The predicted octanol–water partition coefficient (Wildman–Crippen LogP) is 3.74. The van der Waals surface area contributed by atoms with Gasteiger partial charge in [-0.05, 0) is 30.7 Å². The van der Waals surface area contributed by atoms with E-state index in [9.17, 15) is 4.79 Å². The third-order valence-electron chi connectivity index (χ3n) is 4.50. The van der Waals surface area contributed by atoms with Crippen LogP contribution in [0.4, 0.5) is 0 Å². The Labute approximate surface area is 146 Å². The Morgan fingerprint density at radius 1 is 0.960 bits per heavy atom. The second-order valence-electron chi connectivity index (χ2n) is 5.79. The predicted molar refractivity (Wildman–Crippen MR) is 97.2 cm³/mol. The van der Waals surface area contributed by atoms with Crippen LogP contribution in [0.3, 0.4) is 0 Å². The molecule has 2 aromatic carbocycles. The van der Waals surface area contributed by atoms with Gasteiger partial charge in [-0.3, -0.25) is 4.79 Å². The van der Waals surface area contributed by atoms with Crippen molar-refractivity contribution in [3.05, 3.63) is 53.2 Å². The second-order valence-corrected chi connectivity index (χ2v) is 5.79. The maximum absolute atomic E-state index is 13.2. The number of methoxy groups -OCH3 is 3. The van der Waals surface area contributed by atoms with Gasteiger partial charge in [0, 0.05) is 23.5 Å². The van der Waals surface area contributed by atoms with Gasteiger partial charge < -0.3 is 18.8 Å². The molecule has 0 aliphatic heterocycles. The molecule has 130 valence electrons. The van der Waals surface area contributed by atoms with Crippen molar-refractivity contribution in [2.24, 2.45) is 7.05 Å². The van der Waals surface area contributed by atoms with Crippen LogP contribution in [0.5, 0.6) is 17.2 Å². The lowest BCUT2D eigenvalue weighted by molar-refractivity contribution is 0.103. The summed E-state index contributed by atoms with van der Waals surface area (Å²) in [4.78, 5) is 13.2. The van der Waals surface area contributed by atoms with E-state index in [1.807, 2.05) is 42.8 Å². The number of para-hydroxylation sites is 1. The summed E-state index contributed by atoms with van der Waals surface area (Å²) < 4.78 is 18.0. The molecule has 1 heterocycles. The van der Waals surface area contributed by atoms with Crippen molar-refractivity contribution in [1.29, 1.82) is 0 Å². The van der Waals surface area contributed by atoms with E-state index in [0.717, 1.165) is 16.5 Å². The van der Waals surface area contributed by atoms with Crippen LogP contribution < -0.4 is 14.2 Å². The van der Waals surface area contributed by atoms with Gasteiger partial charge in [-0.2, -0.15) is 0 Å². The maximum Gasteiger partial charge on any atom is 0.209 e. The van der Waals surface area contributed by atoms with E-state index in [-0.39, 0.29) is 5.78 Å². The number of aromatic nitrogens is 1. The molecule has 0 bridgehead atoms. The first kappa shape index (κ1) is 16.9. The molecule has 0 N–H and O–H groups in total. The molecule has 0 unspecified atom stereocenters. The monoisotopic (exact) mass is 339 g/mol. The molecule has 0 spiro atoms. The van der Waals surface area contributed by atoms with E-state index in [1.165, 1.54) is 21.3 Å². The number of hydrogen-bond acceptors (Lipinski definition) is 4. The van der Waals surface area contributed by atoms with Crippen LogP contribution in [0.25, 0.3) is 10.9 Å². The summed E-state index contributed by atoms with van der Waals surface area (Å²) in [7, 11) is 6.51. The lowest BCUT2D eigenvalue weighted by Gasteiger charge is -2.14. The van der Waals surface area contributed by atoms with Gasteiger partial charge in [0.25, 0.3) is 0 Å². The molecule has 0 fully saturated rings. The summed E-state index contributed by atoms with van der Waals surface area (Å²) in [6.45, 7) is 1.97. The van der Waals surface area contributed by atoms with Crippen molar-refractivity contribution in [3.63, 3.8) is 0 Å². The van der Waals surface area contributed by atoms with Gasteiger partial charge in [-0.25, -0.2) is 0 Å². The van der Waals surface area contributed by atoms with E-state index in [1.54, 1.807) is 12.1 Å². The smallest absolute Gasteiger partial charge is 0.209 e. The number of nitrogens with zero attached hydrogens (tertiary/aromatic N) is 1. The minimum Gasteiger partial charge on any atom is -0.493 e. The van der Waals surface area contributed by atoms with Crippen LogP contribution in [0.2, 0.25) is 0 Å². The molecule has 0 aliphatic rings. The minimum atomic E-state index is -0.0875. The standard InChI is InChI=1S/C20H21NO4/c1-12-14-8-6-7-9-15(14)21(2)18(12)19(22)13-10-16(23-3)20(25-5)17(11-13)24-4/h6-11H,1-5H3. The van der Waals surface area contributed by atoms with Gasteiger partial charge in [0.2, 0.25) is 11.5 Å². The highest BCUT2D eigenvalue weighted by Crippen LogP contribution is 2.39. The van der Waals surface area contributed by atoms with Crippen molar-refractivity contribution < 1.29 is 19.0 Å². The minimum absolute atomic E-state index is 0.0875. The summed E-state index contributed by atoms with van der Waals surface area (Å²) in [5, 5.41) is 1.07. The zero-order chi connectivity index (χ0) is 18.1. The van der Waals surface area contributed by atoms with Crippen molar-refractivity contribution in [2.75, 3.05) is 21.3 Å². The number of fused-ring (bicyclic) bond motifs is 1. The zero-order valence-corrected chi connectivity index (χ0v) is 15.0. The van der Waals surface area contributed by atoms with Gasteiger partial charge in [-0.1, -0.05) is 18.2 Å². The maximum atomic E-state index is 13.2. The van der Waals surface area contributed by atoms with E-state index in [4.69, 9.17) is 14.2 Å². The van der Waals surface area contributed by atoms with Gasteiger partial charge >= 0.3 is 0 Å². The number of ether oxygens (including phenoxy) is 3. The largest absolute Gasteiger partial charge is 0.493 e. The zero-order valence-electron chi connectivity index (χ0n) is 15.0. The van der Waals surface area contributed by atoms with Crippen LogP contribution in [0.1, 0.15) is 21.6 Å². The average molecular weight is 339 g/mol. The topological polar surface area (TPSA) is 49.7 Å². The van der Waals surface area contributed by atoms with Crippen LogP contribution >= 0.6 is 0 Å². The van der Waals surface area contributed by atoms with Crippen molar-refractivity contribution in [2.45, 2.75) is 6.92 Å². The Balaban J connectivity index is 2.20. The SMILES string of the molecule is COc1cc(C(=O)c2c(C)c3ccccc3n2C)cc(OC)c1OC. The number of aryl methyl sites for hydroxylation is 2. The Morgan fingerprint density at radius 3 is 2.08 bits per heavy atom. The van der Waals surface area contributed by atoms with Crippen molar-refractivity contribution in [3.8, 4) is 17.2 Å². The number of ketones is 1. The second kappa shape index (κ2) is 6.51. The number of hydrogen-bond donors (Lipinski definition) is 0. The van der Waals surface area contributed by atoms with Gasteiger partial charge in [-0.15, -0.1) is 0 Å². The molecule has 25 heavy (non-hydrogen) atoms. The lowest BCUT2D eigenvalue weighted by Crippen LogP contribution is -2.10. The molecule has 0 saturated carbocycles. The number of benzene rings is 2. The number of rotatable bonds is 5. The molecular formula is C20H21NO4. The lowest BCUT2D eigenvalue weighted by atomic mass is 10.0. The van der Waals surface area contributed by atoms with Crippen molar-refractivity contribution in [1.82, 2.24) is 4.57 Å². The van der Waals surface area contributed by atoms with Gasteiger partial charge in [0.1, 0.15) is 0 Å². The molecule has 3 rings (SSSR count). The van der Waals surface area contributed by atoms with Crippen LogP contribution in [-0.4, -0.2) is 31.7 Å². The summed E-state index contributed by atoms with van der Waals surface area (Å²) >= 11 is 0. The van der Waals surface area contributed by atoms with E-state index >= 15 is 0 Å². The Kier molecular flexibility index (Phi) is 4.40. The summed E-state index contributed by atoms with van der Waals surface area (Å²) in [6, 6.07) is 11.3. The Hall–Kier alpha value is -2.95. The highest BCUT2D eigenvalue weighted by atomic mass is 16.5. The number of carbonyl (C=O) groups excluding carboxylic acids is 1. The highest BCUT2D eigenvalue weighted by Gasteiger charge is 2.23. The van der Waals surface area contributed by atoms with Crippen LogP contribution in [-0.2, 0) is 7.05 Å². The molecule has 0 saturated heterocycles. The molecule has 5 nitrogen and oxygen atoms in total. The highest BCUT2D eigenvalue weighted by molar-refractivity contribution is 6.12. The Bertz CT molecular complexity index is 892. The summed E-state index contributed by atoms with van der Waals surface area (Å²) in [5.41, 5.74) is 3.12. The van der Waals surface area contributed by atoms with Crippen LogP contribution in [0.15, 0.2) is 36.4 Å². The quantitative estimate of drug-likeness (QED) is 0.665. The molecule has 0 aliphatic carbocycles. The fourth-order valence-corrected chi connectivity index (χ4v) is 3.25. The molecule has 5 heteroatoms. The third-order valence-corrected chi connectivity index (χ3v) is 4.50. The first-order chi connectivity index (χ1) is 12.0. The van der Waals surface area contributed by atoms with E-state index in [0.29, 0.717) is 28.5 Å². The van der Waals surface area contributed by atoms with Crippen LogP contribution in [0, 0.1) is 6.92 Å². The molecule has 0 amide bonds. The molecule has 0 atom stereocenters. The fourth-order valence-electron chi connectivity index (χ4n) is 3.25. The van der Waals surface area contributed by atoms with Gasteiger partial charge in [0.15, 0.2) is 11.5 Å². The van der Waals surface area contributed by atoms with E-state index < -0.39 is 0 Å². The molecular weight excluding hydrogens is 318 g/mol. The first-order valence-electron chi connectivity index (χ1n) is 7.92.